The van der Waals surface area contributed by atoms with Crippen LogP contribution in [0, 0.1) is 5.92 Å². The third kappa shape index (κ3) is 2.86. The van der Waals surface area contributed by atoms with Gasteiger partial charge in [0.05, 0.1) is 12.2 Å². The summed E-state index contributed by atoms with van der Waals surface area (Å²) < 4.78 is 26.1. The van der Waals surface area contributed by atoms with E-state index in [-0.39, 0.29) is 6.54 Å². The minimum Gasteiger partial charge on any atom is -0.346 e. The molecule has 2 N–H and O–H groups in total. The Morgan fingerprint density at radius 3 is 2.92 bits per heavy atom. The lowest BCUT2D eigenvalue weighted by Crippen LogP contribution is -2.29. The summed E-state index contributed by atoms with van der Waals surface area (Å²) in [5.41, 5.74) is 2.90. The maximum Gasteiger partial charge on any atom is 0.250 e. The second-order valence-corrected chi connectivity index (χ2v) is 6.52. The van der Waals surface area contributed by atoms with Gasteiger partial charge in [-0.05, 0) is 44.2 Å². The van der Waals surface area contributed by atoms with Crippen molar-refractivity contribution >= 4 is 16.6 Å². The van der Waals surface area contributed by atoms with Crippen molar-refractivity contribution in [1.29, 1.82) is 0 Å². The molecule has 0 saturated heterocycles. The average Bonchev–Trinajstić information content (AvgIpc) is 3.21. The van der Waals surface area contributed by atoms with Crippen molar-refractivity contribution in [2.24, 2.45) is 5.92 Å². The number of fused-ring (bicyclic) bond motifs is 3. The molecule has 3 aromatic rings. The highest BCUT2D eigenvalue weighted by atomic mass is 19.3. The number of nitrogens with one attached hydrogen (secondary N) is 2. The Morgan fingerprint density at radius 1 is 1.29 bits per heavy atom. The predicted octanol–water partition coefficient (Wildman–Crippen LogP) is 2.73. The Kier molecular flexibility index (Phi) is 4.13. The molecule has 8 heteroatoms. The predicted molar refractivity (Wildman–Crippen MR) is 86.2 cm³/mol. The van der Waals surface area contributed by atoms with Gasteiger partial charge in [0, 0.05) is 17.5 Å². The van der Waals surface area contributed by atoms with Crippen molar-refractivity contribution in [2.45, 2.75) is 38.0 Å². The molecule has 0 spiro atoms. The minimum atomic E-state index is -2.28. The quantitative estimate of drug-likeness (QED) is 0.753. The Labute approximate surface area is 137 Å². The van der Waals surface area contributed by atoms with Crippen LogP contribution in [0.25, 0.3) is 16.6 Å². The second-order valence-electron chi connectivity index (χ2n) is 6.52. The van der Waals surface area contributed by atoms with E-state index in [1.54, 1.807) is 10.8 Å². The maximum atomic E-state index is 12.2. The molecule has 0 atom stereocenters. The molecule has 1 aliphatic rings. The monoisotopic (exact) mass is 334 g/mol. The highest BCUT2D eigenvalue weighted by molar-refractivity contribution is 5.92. The Hall–Kier alpha value is -2.09. The summed E-state index contributed by atoms with van der Waals surface area (Å²) in [6.45, 7) is 0.458. The molecule has 1 saturated carbocycles. The number of alkyl halides is 2. The first-order valence-corrected chi connectivity index (χ1v) is 8.38. The lowest BCUT2D eigenvalue weighted by atomic mass is 9.80. The third-order valence-corrected chi connectivity index (χ3v) is 4.96. The largest absolute Gasteiger partial charge is 0.346 e. The molecule has 0 bridgehead atoms. The van der Waals surface area contributed by atoms with E-state index in [0.717, 1.165) is 47.9 Å². The van der Waals surface area contributed by atoms with Gasteiger partial charge in [-0.1, -0.05) is 5.21 Å². The SMILES string of the molecule is FC(F)CNCC1CCC(c2nnn3cnc4[nH]ccc4c23)CC1. The van der Waals surface area contributed by atoms with Crippen LogP contribution in [0.15, 0.2) is 18.6 Å². The number of H-pyrrole nitrogens is 1. The van der Waals surface area contributed by atoms with E-state index in [9.17, 15) is 8.78 Å². The van der Waals surface area contributed by atoms with E-state index < -0.39 is 6.43 Å². The zero-order chi connectivity index (χ0) is 16.5. The van der Waals surface area contributed by atoms with Gasteiger partial charge in [-0.25, -0.2) is 18.3 Å². The molecule has 1 fully saturated rings. The van der Waals surface area contributed by atoms with Crippen molar-refractivity contribution in [3.05, 3.63) is 24.3 Å². The zero-order valence-corrected chi connectivity index (χ0v) is 13.3. The molecule has 24 heavy (non-hydrogen) atoms. The molecule has 0 aliphatic heterocycles. The number of hydrogen-bond donors (Lipinski definition) is 2. The van der Waals surface area contributed by atoms with Gasteiger partial charge in [0.2, 0.25) is 0 Å². The van der Waals surface area contributed by atoms with Gasteiger partial charge in [0.1, 0.15) is 17.5 Å². The highest BCUT2D eigenvalue weighted by Crippen LogP contribution is 2.37. The Bertz CT molecular complexity index is 818. The smallest absolute Gasteiger partial charge is 0.250 e. The van der Waals surface area contributed by atoms with Crippen LogP contribution in [0.2, 0.25) is 0 Å². The fourth-order valence-electron chi connectivity index (χ4n) is 3.73. The fraction of sp³-hybridized carbons (Fsp3) is 0.562. The molecule has 0 aromatic carbocycles. The first kappa shape index (κ1) is 15.4. The summed E-state index contributed by atoms with van der Waals surface area (Å²) in [5.74, 6) is 0.838. The molecule has 4 rings (SSSR count). The van der Waals surface area contributed by atoms with Crippen molar-refractivity contribution in [3.8, 4) is 0 Å². The topological polar surface area (TPSA) is 70.9 Å². The lowest BCUT2D eigenvalue weighted by molar-refractivity contribution is 0.142. The Morgan fingerprint density at radius 2 is 2.12 bits per heavy atom. The highest BCUT2D eigenvalue weighted by Gasteiger charge is 2.26. The zero-order valence-electron chi connectivity index (χ0n) is 13.3. The normalized spacial score (nSPS) is 22.0. The number of rotatable bonds is 5. The van der Waals surface area contributed by atoms with Crippen LogP contribution in [0.1, 0.15) is 37.3 Å². The van der Waals surface area contributed by atoms with Gasteiger partial charge in [-0.2, -0.15) is 0 Å². The molecule has 128 valence electrons. The van der Waals surface area contributed by atoms with Crippen LogP contribution in [0.4, 0.5) is 8.78 Å². The molecule has 0 amide bonds. The van der Waals surface area contributed by atoms with E-state index >= 15 is 0 Å². The summed E-state index contributed by atoms with van der Waals surface area (Å²) in [6.07, 6.45) is 5.38. The second kappa shape index (κ2) is 6.43. The number of aromatic nitrogens is 5. The van der Waals surface area contributed by atoms with Gasteiger partial charge in [-0.15, -0.1) is 5.10 Å². The van der Waals surface area contributed by atoms with Crippen molar-refractivity contribution in [2.75, 3.05) is 13.1 Å². The van der Waals surface area contributed by atoms with E-state index in [1.807, 2.05) is 12.3 Å². The molecule has 3 heterocycles. The third-order valence-electron chi connectivity index (χ3n) is 4.96. The maximum absolute atomic E-state index is 12.2. The number of aromatic amines is 1. The molecule has 0 unspecified atom stereocenters. The van der Waals surface area contributed by atoms with Crippen LogP contribution in [-0.2, 0) is 0 Å². The summed E-state index contributed by atoms with van der Waals surface area (Å²) in [5, 5.41) is 12.5. The number of nitrogens with zero attached hydrogens (tertiary/aromatic N) is 4. The number of halogens is 2. The lowest BCUT2D eigenvalue weighted by Gasteiger charge is -2.27. The first-order chi connectivity index (χ1) is 11.7. The van der Waals surface area contributed by atoms with Crippen molar-refractivity contribution < 1.29 is 8.78 Å². The molecular weight excluding hydrogens is 314 g/mol. The van der Waals surface area contributed by atoms with Gasteiger partial charge < -0.3 is 10.3 Å². The van der Waals surface area contributed by atoms with Gasteiger partial charge >= 0.3 is 0 Å². The minimum absolute atomic E-state index is 0.214. The van der Waals surface area contributed by atoms with Crippen molar-refractivity contribution in [1.82, 2.24) is 30.1 Å². The molecule has 3 aromatic heterocycles. The fourth-order valence-corrected chi connectivity index (χ4v) is 3.73. The van der Waals surface area contributed by atoms with Crippen LogP contribution in [0.3, 0.4) is 0 Å². The average molecular weight is 334 g/mol. The van der Waals surface area contributed by atoms with Crippen LogP contribution in [0.5, 0.6) is 0 Å². The molecular formula is C16H20F2N6. The number of hydrogen-bond acceptors (Lipinski definition) is 4. The summed E-state index contributed by atoms with van der Waals surface area (Å²) in [4.78, 5) is 7.44. The summed E-state index contributed by atoms with van der Waals surface area (Å²) >= 11 is 0. The van der Waals surface area contributed by atoms with Gasteiger partial charge in [0.25, 0.3) is 6.43 Å². The summed E-state index contributed by atoms with van der Waals surface area (Å²) in [6, 6.07) is 2.00. The standard InChI is InChI=1S/C16H20F2N6/c17-13(18)8-19-7-10-1-3-11(4-2-10)14-15-12-5-6-20-16(12)21-9-24(15)23-22-14/h5-6,9-11,13,19-20H,1-4,7-8H2. The first-order valence-electron chi connectivity index (χ1n) is 8.38. The van der Waals surface area contributed by atoms with E-state index in [0.29, 0.717) is 18.4 Å². The van der Waals surface area contributed by atoms with E-state index in [4.69, 9.17) is 0 Å². The van der Waals surface area contributed by atoms with Crippen LogP contribution >= 0.6 is 0 Å². The molecule has 0 radical (unpaired) electrons. The van der Waals surface area contributed by atoms with E-state index in [1.165, 1.54) is 0 Å². The van der Waals surface area contributed by atoms with Gasteiger partial charge in [0.15, 0.2) is 0 Å². The molecule has 1 aliphatic carbocycles. The van der Waals surface area contributed by atoms with Crippen molar-refractivity contribution in [3.63, 3.8) is 0 Å². The summed E-state index contributed by atoms with van der Waals surface area (Å²) in [7, 11) is 0. The Balaban J connectivity index is 1.48. The molecule has 6 nitrogen and oxygen atoms in total. The van der Waals surface area contributed by atoms with Crippen LogP contribution < -0.4 is 5.32 Å². The van der Waals surface area contributed by atoms with E-state index in [2.05, 4.69) is 25.6 Å². The van der Waals surface area contributed by atoms with Gasteiger partial charge in [-0.3, -0.25) is 0 Å². The van der Waals surface area contributed by atoms with Crippen LogP contribution in [-0.4, -0.2) is 44.3 Å².